The highest BCUT2D eigenvalue weighted by atomic mass is 16.7. The van der Waals surface area contributed by atoms with Crippen molar-refractivity contribution in [1.82, 2.24) is 0 Å². The number of nitro groups is 1. The number of rotatable bonds is 6. The minimum Gasteiger partial charge on any atom is -0.493 e. The third-order valence-corrected chi connectivity index (χ3v) is 5.25. The molecule has 0 saturated carbocycles. The van der Waals surface area contributed by atoms with Gasteiger partial charge in [0.1, 0.15) is 6.61 Å². The van der Waals surface area contributed by atoms with E-state index < -0.39 is 23.2 Å². The van der Waals surface area contributed by atoms with Crippen molar-refractivity contribution < 1.29 is 23.7 Å². The molecule has 1 saturated heterocycles. The van der Waals surface area contributed by atoms with Crippen LogP contribution in [0.25, 0.3) is 0 Å². The summed E-state index contributed by atoms with van der Waals surface area (Å²) in [5.41, 5.74) is -0.111. The summed E-state index contributed by atoms with van der Waals surface area (Å²) in [5.74, 6) is 0.671. The van der Waals surface area contributed by atoms with Crippen molar-refractivity contribution in [3.63, 3.8) is 0 Å². The summed E-state index contributed by atoms with van der Waals surface area (Å²) in [6.45, 7) is 7.85. The van der Waals surface area contributed by atoms with E-state index in [4.69, 9.17) is 18.8 Å². The molecular formula is C20H24BNO6. The Morgan fingerprint density at radius 1 is 1.04 bits per heavy atom. The highest BCUT2D eigenvalue weighted by Crippen LogP contribution is 2.39. The summed E-state index contributed by atoms with van der Waals surface area (Å²) in [5, 5.41) is 11.7. The Balaban J connectivity index is 1.95. The molecule has 2 aromatic carbocycles. The van der Waals surface area contributed by atoms with Gasteiger partial charge in [0, 0.05) is 0 Å². The third-order valence-electron chi connectivity index (χ3n) is 5.25. The maximum absolute atomic E-state index is 11.7. The molecule has 0 radical (unpaired) electrons. The minimum absolute atomic E-state index is 0.137. The highest BCUT2D eigenvalue weighted by molar-refractivity contribution is 6.63. The lowest BCUT2D eigenvalue weighted by molar-refractivity contribution is -0.383. The molecule has 8 heteroatoms. The summed E-state index contributed by atoms with van der Waals surface area (Å²) in [6.07, 6.45) is 0. The van der Waals surface area contributed by atoms with Crippen LogP contribution in [0.15, 0.2) is 42.5 Å². The molecule has 28 heavy (non-hydrogen) atoms. The summed E-state index contributed by atoms with van der Waals surface area (Å²) >= 11 is 0. The first-order valence-electron chi connectivity index (χ1n) is 9.03. The fourth-order valence-corrected chi connectivity index (χ4v) is 2.89. The lowest BCUT2D eigenvalue weighted by Crippen LogP contribution is -2.41. The second-order valence-electron chi connectivity index (χ2n) is 7.68. The number of ether oxygens (including phenoxy) is 2. The van der Waals surface area contributed by atoms with Gasteiger partial charge in [-0.05, 0) is 39.3 Å². The lowest BCUT2D eigenvalue weighted by Gasteiger charge is -2.32. The van der Waals surface area contributed by atoms with E-state index in [0.717, 1.165) is 5.56 Å². The molecule has 1 fully saturated rings. The first-order valence-corrected chi connectivity index (χ1v) is 9.03. The molecule has 0 atom stereocenters. The van der Waals surface area contributed by atoms with Gasteiger partial charge in [-0.1, -0.05) is 30.3 Å². The Labute approximate surface area is 164 Å². The van der Waals surface area contributed by atoms with E-state index in [1.165, 1.54) is 13.2 Å². The van der Waals surface area contributed by atoms with E-state index in [-0.39, 0.29) is 12.3 Å². The average Bonchev–Trinajstić information content (AvgIpc) is 2.87. The molecule has 148 valence electrons. The van der Waals surface area contributed by atoms with Crippen LogP contribution >= 0.6 is 0 Å². The van der Waals surface area contributed by atoms with Gasteiger partial charge >= 0.3 is 7.12 Å². The van der Waals surface area contributed by atoms with Gasteiger partial charge in [0.2, 0.25) is 0 Å². The SMILES string of the molecule is COc1cc(B2OC(C)(C)C(C)(C)O2)c([N+](=O)[O-])cc1OCc1ccccc1. The van der Waals surface area contributed by atoms with Gasteiger partial charge in [-0.25, -0.2) is 0 Å². The molecule has 3 rings (SSSR count). The fraction of sp³-hybridized carbons (Fsp3) is 0.400. The predicted octanol–water partition coefficient (Wildman–Crippen LogP) is 3.48. The van der Waals surface area contributed by atoms with Gasteiger partial charge < -0.3 is 18.8 Å². The number of methoxy groups -OCH3 is 1. The second-order valence-corrected chi connectivity index (χ2v) is 7.68. The van der Waals surface area contributed by atoms with Gasteiger partial charge in [-0.2, -0.15) is 0 Å². The second kappa shape index (κ2) is 7.45. The summed E-state index contributed by atoms with van der Waals surface area (Å²) in [6, 6.07) is 12.5. The Morgan fingerprint density at radius 3 is 2.18 bits per heavy atom. The smallest absolute Gasteiger partial charge is 0.493 e. The zero-order chi connectivity index (χ0) is 20.5. The van der Waals surface area contributed by atoms with E-state index in [1.54, 1.807) is 6.07 Å². The van der Waals surface area contributed by atoms with Gasteiger partial charge in [-0.15, -0.1) is 0 Å². The van der Waals surface area contributed by atoms with Crippen molar-refractivity contribution in [2.45, 2.75) is 45.5 Å². The van der Waals surface area contributed by atoms with E-state index in [0.29, 0.717) is 17.0 Å². The van der Waals surface area contributed by atoms with Gasteiger partial charge in [-0.3, -0.25) is 10.1 Å². The highest BCUT2D eigenvalue weighted by Gasteiger charge is 2.53. The van der Waals surface area contributed by atoms with Crippen molar-refractivity contribution in [2.24, 2.45) is 0 Å². The van der Waals surface area contributed by atoms with Crippen molar-refractivity contribution in [3.8, 4) is 11.5 Å². The Morgan fingerprint density at radius 2 is 1.64 bits per heavy atom. The zero-order valence-electron chi connectivity index (χ0n) is 16.7. The van der Waals surface area contributed by atoms with Crippen molar-refractivity contribution in [1.29, 1.82) is 0 Å². The van der Waals surface area contributed by atoms with E-state index >= 15 is 0 Å². The summed E-state index contributed by atoms with van der Waals surface area (Å²) in [4.78, 5) is 11.3. The van der Waals surface area contributed by atoms with Crippen LogP contribution in [0.2, 0.25) is 0 Å². The van der Waals surface area contributed by atoms with Crippen LogP contribution < -0.4 is 14.9 Å². The Hall–Kier alpha value is -2.58. The van der Waals surface area contributed by atoms with Crippen molar-refractivity contribution >= 4 is 18.3 Å². The molecular weight excluding hydrogens is 361 g/mol. The predicted molar refractivity (Wildman–Crippen MR) is 106 cm³/mol. The molecule has 0 unspecified atom stereocenters. The topological polar surface area (TPSA) is 80.1 Å². The molecule has 1 aliphatic rings. The monoisotopic (exact) mass is 385 g/mol. The number of nitrogens with zero attached hydrogens (tertiary/aromatic N) is 1. The van der Waals surface area contributed by atoms with Gasteiger partial charge in [0.15, 0.2) is 11.5 Å². The summed E-state index contributed by atoms with van der Waals surface area (Å²) < 4.78 is 23.2. The van der Waals surface area contributed by atoms with Gasteiger partial charge in [0.05, 0.1) is 34.8 Å². The Kier molecular flexibility index (Phi) is 5.36. The largest absolute Gasteiger partial charge is 0.502 e. The maximum atomic E-state index is 11.7. The average molecular weight is 385 g/mol. The van der Waals surface area contributed by atoms with Crippen molar-refractivity contribution in [3.05, 3.63) is 58.1 Å². The number of benzene rings is 2. The van der Waals surface area contributed by atoms with Crippen LogP contribution in [0.4, 0.5) is 5.69 Å². The van der Waals surface area contributed by atoms with Gasteiger partial charge in [0.25, 0.3) is 5.69 Å². The van der Waals surface area contributed by atoms with Crippen LogP contribution in [0.1, 0.15) is 33.3 Å². The molecule has 7 nitrogen and oxygen atoms in total. The molecule has 1 aliphatic heterocycles. The lowest BCUT2D eigenvalue weighted by atomic mass is 9.77. The molecule has 1 heterocycles. The minimum atomic E-state index is -0.873. The van der Waals surface area contributed by atoms with E-state index in [1.807, 2.05) is 58.0 Å². The first kappa shape index (κ1) is 20.2. The van der Waals surface area contributed by atoms with E-state index in [9.17, 15) is 10.1 Å². The molecule has 0 aromatic heterocycles. The number of nitro benzene ring substituents is 1. The van der Waals surface area contributed by atoms with Crippen LogP contribution in [-0.4, -0.2) is 30.4 Å². The first-order chi connectivity index (χ1) is 13.1. The normalized spacial score (nSPS) is 17.4. The Bertz CT molecular complexity index is 852. The maximum Gasteiger partial charge on any atom is 0.502 e. The molecule has 0 aliphatic carbocycles. The van der Waals surface area contributed by atoms with E-state index in [2.05, 4.69) is 0 Å². The molecule has 0 amide bonds. The number of hydrogen-bond acceptors (Lipinski definition) is 6. The standard InChI is InChI=1S/C20H24BNO6/c1-19(2)20(3,4)28-21(27-19)15-11-17(25-5)18(12-16(15)22(23)24)26-13-14-9-7-6-8-10-14/h6-12H,13H2,1-5H3. The zero-order valence-corrected chi connectivity index (χ0v) is 16.7. The van der Waals surface area contributed by atoms with Crippen LogP contribution in [0.3, 0.4) is 0 Å². The molecule has 0 N–H and O–H groups in total. The van der Waals surface area contributed by atoms with Crippen LogP contribution in [0.5, 0.6) is 11.5 Å². The summed E-state index contributed by atoms with van der Waals surface area (Å²) in [7, 11) is 0.618. The van der Waals surface area contributed by atoms with Crippen LogP contribution in [0, 0.1) is 10.1 Å². The number of hydrogen-bond donors (Lipinski definition) is 0. The van der Waals surface area contributed by atoms with Crippen LogP contribution in [-0.2, 0) is 15.9 Å². The molecule has 0 spiro atoms. The molecule has 2 aromatic rings. The van der Waals surface area contributed by atoms with Crippen molar-refractivity contribution in [2.75, 3.05) is 7.11 Å². The third kappa shape index (κ3) is 3.83. The quantitative estimate of drug-likeness (QED) is 0.430. The molecule has 0 bridgehead atoms. The fourth-order valence-electron chi connectivity index (χ4n) is 2.89.